The Bertz CT molecular complexity index is 822. The second-order valence-electron chi connectivity index (χ2n) is 5.84. The zero-order valence-corrected chi connectivity index (χ0v) is 15.8. The van der Waals surface area contributed by atoms with Gasteiger partial charge >= 0.3 is 0 Å². The lowest BCUT2D eigenvalue weighted by molar-refractivity contribution is -0.120. The molecular formula is C18H22ClN3O3S. The molecule has 0 aliphatic heterocycles. The zero-order valence-electron chi connectivity index (χ0n) is 14.2. The van der Waals surface area contributed by atoms with E-state index in [2.05, 4.69) is 10.6 Å². The summed E-state index contributed by atoms with van der Waals surface area (Å²) in [4.78, 5) is 11.9. The van der Waals surface area contributed by atoms with Gasteiger partial charge in [-0.3, -0.25) is 4.79 Å². The van der Waals surface area contributed by atoms with Crippen molar-refractivity contribution in [1.29, 1.82) is 0 Å². The average molecular weight is 396 g/mol. The largest absolute Gasteiger partial charge is 0.355 e. The first-order valence-corrected chi connectivity index (χ1v) is 10.1. The number of hydrogen-bond donors (Lipinski definition) is 3. The van der Waals surface area contributed by atoms with E-state index >= 15 is 0 Å². The fourth-order valence-corrected chi connectivity index (χ4v) is 2.98. The fraction of sp³-hybridized carbons (Fsp3) is 0.278. The maximum Gasteiger partial charge on any atom is 0.238 e. The van der Waals surface area contributed by atoms with Crippen LogP contribution in [0.5, 0.6) is 0 Å². The number of halogens is 1. The Morgan fingerprint density at radius 2 is 1.46 bits per heavy atom. The molecule has 4 N–H and O–H groups in total. The van der Waals surface area contributed by atoms with Crippen molar-refractivity contribution in [2.75, 3.05) is 19.6 Å². The summed E-state index contributed by atoms with van der Waals surface area (Å²) in [6, 6.07) is 13.9. The third-order valence-corrected chi connectivity index (χ3v) is 4.96. The van der Waals surface area contributed by atoms with E-state index in [-0.39, 0.29) is 17.3 Å². The number of carbonyl (C=O) groups is 1. The molecule has 0 radical (unpaired) electrons. The van der Waals surface area contributed by atoms with Gasteiger partial charge in [-0.15, -0.1) is 0 Å². The highest BCUT2D eigenvalue weighted by molar-refractivity contribution is 7.89. The van der Waals surface area contributed by atoms with Crippen LogP contribution in [-0.2, 0) is 27.7 Å². The molecule has 26 heavy (non-hydrogen) atoms. The molecule has 140 valence electrons. The highest BCUT2D eigenvalue weighted by Gasteiger charge is 2.07. The zero-order chi connectivity index (χ0) is 19.0. The molecule has 0 aliphatic carbocycles. The smallest absolute Gasteiger partial charge is 0.238 e. The van der Waals surface area contributed by atoms with E-state index in [0.717, 1.165) is 17.5 Å². The molecule has 2 aromatic rings. The molecule has 6 nitrogen and oxygen atoms in total. The van der Waals surface area contributed by atoms with E-state index in [4.69, 9.17) is 16.7 Å². The van der Waals surface area contributed by atoms with Gasteiger partial charge in [-0.2, -0.15) is 0 Å². The predicted molar refractivity (Wildman–Crippen MR) is 103 cm³/mol. The second-order valence-corrected chi connectivity index (χ2v) is 7.84. The first-order valence-electron chi connectivity index (χ1n) is 8.18. The number of benzene rings is 2. The molecule has 2 rings (SSSR count). The van der Waals surface area contributed by atoms with Crippen LogP contribution in [0.15, 0.2) is 53.4 Å². The quantitative estimate of drug-likeness (QED) is 0.559. The summed E-state index contributed by atoms with van der Waals surface area (Å²) in [5.74, 6) is -0.0812. The van der Waals surface area contributed by atoms with Gasteiger partial charge in [0.1, 0.15) is 0 Å². The topological polar surface area (TPSA) is 101 Å². The molecule has 0 saturated heterocycles. The molecule has 0 aromatic heterocycles. The Hall–Kier alpha value is -1.93. The summed E-state index contributed by atoms with van der Waals surface area (Å²) in [6.07, 6.45) is 1.43. The number of primary sulfonamides is 1. The molecule has 0 aliphatic rings. The van der Waals surface area contributed by atoms with Gasteiger partial charge < -0.3 is 10.6 Å². The lowest BCUT2D eigenvalue weighted by atomic mass is 10.1. The summed E-state index contributed by atoms with van der Waals surface area (Å²) < 4.78 is 22.4. The van der Waals surface area contributed by atoms with Gasteiger partial charge in [-0.1, -0.05) is 35.9 Å². The van der Waals surface area contributed by atoms with Crippen LogP contribution in [0.25, 0.3) is 0 Å². The van der Waals surface area contributed by atoms with Crippen molar-refractivity contribution in [3.8, 4) is 0 Å². The van der Waals surface area contributed by atoms with Gasteiger partial charge in [-0.25, -0.2) is 13.6 Å². The summed E-state index contributed by atoms with van der Waals surface area (Å²) >= 11 is 5.83. The van der Waals surface area contributed by atoms with Crippen molar-refractivity contribution in [2.24, 2.45) is 5.14 Å². The normalized spacial score (nSPS) is 11.3. The van der Waals surface area contributed by atoms with E-state index in [1.807, 2.05) is 24.3 Å². The third kappa shape index (κ3) is 7.13. The molecular weight excluding hydrogens is 374 g/mol. The Balaban J connectivity index is 1.62. The molecule has 0 fully saturated rings. The van der Waals surface area contributed by atoms with Gasteiger partial charge in [0, 0.05) is 11.6 Å². The number of carbonyl (C=O) groups excluding carboxylic acids is 1. The Kier molecular flexibility index (Phi) is 7.59. The van der Waals surface area contributed by atoms with Crippen LogP contribution in [0.1, 0.15) is 11.1 Å². The van der Waals surface area contributed by atoms with Crippen LogP contribution in [-0.4, -0.2) is 34.0 Å². The van der Waals surface area contributed by atoms with Crippen molar-refractivity contribution >= 4 is 27.5 Å². The van der Waals surface area contributed by atoms with Gasteiger partial charge in [0.25, 0.3) is 0 Å². The van der Waals surface area contributed by atoms with Crippen LogP contribution in [0.2, 0.25) is 5.02 Å². The molecule has 1 amide bonds. The maximum atomic E-state index is 11.8. The SMILES string of the molecule is NS(=O)(=O)c1ccc(CCNC(=O)CNCCc2ccc(Cl)cc2)cc1. The molecule has 0 saturated carbocycles. The van der Waals surface area contributed by atoms with E-state index in [1.165, 1.54) is 12.1 Å². The number of amides is 1. The number of nitrogens with two attached hydrogens (primary N) is 1. The van der Waals surface area contributed by atoms with Crippen LogP contribution in [0.3, 0.4) is 0 Å². The van der Waals surface area contributed by atoms with Crippen molar-refractivity contribution in [2.45, 2.75) is 17.7 Å². The van der Waals surface area contributed by atoms with E-state index in [0.29, 0.717) is 24.5 Å². The van der Waals surface area contributed by atoms with Crippen LogP contribution < -0.4 is 15.8 Å². The van der Waals surface area contributed by atoms with Gasteiger partial charge in [0.2, 0.25) is 15.9 Å². The van der Waals surface area contributed by atoms with Crippen molar-refractivity contribution < 1.29 is 13.2 Å². The number of rotatable bonds is 9. The number of sulfonamides is 1. The second kappa shape index (κ2) is 9.68. The Morgan fingerprint density at radius 3 is 2.04 bits per heavy atom. The minimum absolute atomic E-state index is 0.0789. The lowest BCUT2D eigenvalue weighted by Gasteiger charge is -2.07. The summed E-state index contributed by atoms with van der Waals surface area (Å²) in [6.45, 7) is 1.43. The van der Waals surface area contributed by atoms with Crippen LogP contribution in [0.4, 0.5) is 0 Å². The van der Waals surface area contributed by atoms with Crippen molar-refractivity contribution in [3.63, 3.8) is 0 Å². The minimum atomic E-state index is -3.67. The summed E-state index contributed by atoms with van der Waals surface area (Å²) in [7, 11) is -3.67. The average Bonchev–Trinajstić information content (AvgIpc) is 2.60. The molecule has 0 spiro atoms. The minimum Gasteiger partial charge on any atom is -0.355 e. The molecule has 0 unspecified atom stereocenters. The highest BCUT2D eigenvalue weighted by atomic mass is 35.5. The Labute approximate surface area is 158 Å². The molecule has 0 heterocycles. The number of hydrogen-bond acceptors (Lipinski definition) is 4. The molecule has 8 heteroatoms. The summed E-state index contributed by atoms with van der Waals surface area (Å²) in [5, 5.41) is 11.7. The molecule has 2 aromatic carbocycles. The Morgan fingerprint density at radius 1 is 0.923 bits per heavy atom. The van der Waals surface area contributed by atoms with Gasteiger partial charge in [0.05, 0.1) is 11.4 Å². The van der Waals surface area contributed by atoms with Crippen LogP contribution in [0, 0.1) is 0 Å². The molecule has 0 bridgehead atoms. The number of nitrogens with one attached hydrogen (secondary N) is 2. The van der Waals surface area contributed by atoms with Crippen LogP contribution >= 0.6 is 11.6 Å². The third-order valence-electron chi connectivity index (χ3n) is 3.78. The van der Waals surface area contributed by atoms with E-state index < -0.39 is 10.0 Å². The fourth-order valence-electron chi connectivity index (χ4n) is 2.34. The monoisotopic (exact) mass is 395 g/mol. The molecule has 0 atom stereocenters. The summed E-state index contributed by atoms with van der Waals surface area (Å²) in [5.41, 5.74) is 2.08. The maximum absolute atomic E-state index is 11.8. The van der Waals surface area contributed by atoms with Gasteiger partial charge in [0.15, 0.2) is 0 Å². The first kappa shape index (κ1) is 20.4. The highest BCUT2D eigenvalue weighted by Crippen LogP contribution is 2.10. The van der Waals surface area contributed by atoms with Crippen molar-refractivity contribution in [3.05, 3.63) is 64.7 Å². The van der Waals surface area contributed by atoms with E-state index in [9.17, 15) is 13.2 Å². The lowest BCUT2D eigenvalue weighted by Crippen LogP contribution is -2.35. The first-order chi connectivity index (χ1) is 12.3. The van der Waals surface area contributed by atoms with Gasteiger partial charge in [-0.05, 0) is 54.8 Å². The standard InChI is InChI=1S/C18H22ClN3O3S/c19-16-5-1-14(2-6-16)9-11-21-13-18(23)22-12-10-15-3-7-17(8-4-15)26(20,24)25/h1-8,21H,9-13H2,(H,22,23)(H2,20,24,25). The van der Waals surface area contributed by atoms with E-state index in [1.54, 1.807) is 12.1 Å². The predicted octanol–water partition coefficient (Wildman–Crippen LogP) is 1.48. The van der Waals surface area contributed by atoms with Crippen molar-refractivity contribution in [1.82, 2.24) is 10.6 Å².